The summed E-state index contributed by atoms with van der Waals surface area (Å²) in [5, 5.41) is 0. The molecule has 0 aliphatic rings. The summed E-state index contributed by atoms with van der Waals surface area (Å²) in [6, 6.07) is 0. The van der Waals surface area contributed by atoms with Crippen molar-refractivity contribution in [3.05, 3.63) is 0 Å². The van der Waals surface area contributed by atoms with Crippen molar-refractivity contribution in [3.63, 3.8) is 0 Å². The summed E-state index contributed by atoms with van der Waals surface area (Å²) >= 11 is 3.26. The smallest absolute Gasteiger partial charge is 0.143 e. The number of hydrogen-bond donors (Lipinski definition) is 0. The summed E-state index contributed by atoms with van der Waals surface area (Å²) in [7, 11) is 0. The van der Waals surface area contributed by atoms with E-state index in [1.807, 2.05) is 13.8 Å². The summed E-state index contributed by atoms with van der Waals surface area (Å²) in [5.74, 6) is 0.618. The monoisotopic (exact) mass is 178 g/mol. The van der Waals surface area contributed by atoms with Crippen molar-refractivity contribution >= 4 is 21.7 Å². The van der Waals surface area contributed by atoms with E-state index >= 15 is 0 Å². The maximum atomic E-state index is 10.5. The molecule has 0 saturated carbocycles. The van der Waals surface area contributed by atoms with E-state index in [1.54, 1.807) is 6.92 Å². The van der Waals surface area contributed by atoms with Crippen LogP contribution >= 0.6 is 15.9 Å². The lowest BCUT2D eigenvalue weighted by Gasteiger charge is -2.07. The highest BCUT2D eigenvalue weighted by molar-refractivity contribution is 9.10. The van der Waals surface area contributed by atoms with Crippen molar-refractivity contribution in [2.45, 2.75) is 25.6 Å². The van der Waals surface area contributed by atoms with Gasteiger partial charge in [0.25, 0.3) is 0 Å². The number of hydrogen-bond acceptors (Lipinski definition) is 1. The fourth-order valence-electron chi connectivity index (χ4n) is 0.469. The van der Waals surface area contributed by atoms with Gasteiger partial charge < -0.3 is 0 Å². The Labute approximate surface area is 58.6 Å². The second-order valence-corrected chi connectivity index (χ2v) is 3.24. The van der Waals surface area contributed by atoms with E-state index in [0.29, 0.717) is 5.92 Å². The van der Waals surface area contributed by atoms with Gasteiger partial charge in [-0.3, -0.25) is 4.79 Å². The number of carbonyl (C=O) groups excluding carboxylic acids is 1. The van der Waals surface area contributed by atoms with E-state index in [2.05, 4.69) is 15.9 Å². The molecule has 0 radical (unpaired) electrons. The van der Waals surface area contributed by atoms with Crippen molar-refractivity contribution in [2.75, 3.05) is 0 Å². The highest BCUT2D eigenvalue weighted by Crippen LogP contribution is 2.11. The number of halogens is 1. The SMILES string of the molecule is CC(=O)[C@H](Br)C(C)C. The van der Waals surface area contributed by atoms with Crippen molar-refractivity contribution in [1.29, 1.82) is 0 Å². The first-order valence-electron chi connectivity index (χ1n) is 2.70. The molecule has 8 heavy (non-hydrogen) atoms. The zero-order chi connectivity index (χ0) is 6.73. The molecule has 2 heteroatoms. The third-order valence-corrected chi connectivity index (χ3v) is 2.68. The summed E-state index contributed by atoms with van der Waals surface area (Å²) in [5.41, 5.74) is 0. The molecule has 0 heterocycles. The maximum Gasteiger partial charge on any atom is 0.143 e. The number of Topliss-reactive ketones (excluding diaryl/α,β-unsaturated/α-hetero) is 1. The largest absolute Gasteiger partial charge is 0.299 e. The molecule has 0 saturated heterocycles. The predicted octanol–water partition coefficient (Wildman–Crippen LogP) is 1.99. The molecule has 0 amide bonds. The van der Waals surface area contributed by atoms with Crippen LogP contribution in [-0.4, -0.2) is 10.6 Å². The molecule has 48 valence electrons. The zero-order valence-corrected chi connectivity index (χ0v) is 7.03. The summed E-state index contributed by atoms with van der Waals surface area (Å²) in [6.45, 7) is 5.63. The van der Waals surface area contributed by atoms with Crippen LogP contribution in [0.2, 0.25) is 0 Å². The van der Waals surface area contributed by atoms with E-state index in [4.69, 9.17) is 0 Å². The van der Waals surface area contributed by atoms with Gasteiger partial charge in [0.1, 0.15) is 5.78 Å². The van der Waals surface area contributed by atoms with Gasteiger partial charge in [-0.15, -0.1) is 0 Å². The van der Waals surface area contributed by atoms with Crippen molar-refractivity contribution in [2.24, 2.45) is 5.92 Å². The molecule has 0 aromatic rings. The minimum Gasteiger partial charge on any atom is -0.299 e. The predicted molar refractivity (Wildman–Crippen MR) is 38.2 cm³/mol. The van der Waals surface area contributed by atoms with Crippen LogP contribution < -0.4 is 0 Å². The van der Waals surface area contributed by atoms with Gasteiger partial charge in [-0.05, 0) is 12.8 Å². The van der Waals surface area contributed by atoms with Gasteiger partial charge in [0, 0.05) is 0 Å². The van der Waals surface area contributed by atoms with Gasteiger partial charge in [0.2, 0.25) is 0 Å². The van der Waals surface area contributed by atoms with E-state index in [9.17, 15) is 4.79 Å². The van der Waals surface area contributed by atoms with E-state index in [0.717, 1.165) is 0 Å². The minimum atomic E-state index is 0.0440. The Morgan fingerprint density at radius 3 is 1.88 bits per heavy atom. The van der Waals surface area contributed by atoms with Gasteiger partial charge in [-0.25, -0.2) is 0 Å². The number of alkyl halides is 1. The lowest BCUT2D eigenvalue weighted by Crippen LogP contribution is -2.15. The molecular weight excluding hydrogens is 168 g/mol. The molecule has 0 bridgehead atoms. The van der Waals surface area contributed by atoms with Crippen LogP contribution in [0.4, 0.5) is 0 Å². The van der Waals surface area contributed by atoms with Crippen LogP contribution in [0.1, 0.15) is 20.8 Å². The van der Waals surface area contributed by atoms with Gasteiger partial charge in [0.15, 0.2) is 0 Å². The molecule has 0 fully saturated rings. The fourth-order valence-corrected chi connectivity index (χ4v) is 0.469. The third kappa shape index (κ3) is 2.46. The summed E-state index contributed by atoms with van der Waals surface area (Å²) < 4.78 is 0. The lowest BCUT2D eigenvalue weighted by molar-refractivity contribution is -0.116. The maximum absolute atomic E-state index is 10.5. The van der Waals surface area contributed by atoms with E-state index in [-0.39, 0.29) is 10.6 Å². The van der Waals surface area contributed by atoms with E-state index < -0.39 is 0 Å². The van der Waals surface area contributed by atoms with Gasteiger partial charge in [-0.2, -0.15) is 0 Å². The molecule has 1 nitrogen and oxygen atoms in total. The molecule has 0 rings (SSSR count). The first kappa shape index (κ1) is 8.15. The standard InChI is InChI=1S/C6H11BrO/c1-4(2)6(7)5(3)8/h4,6H,1-3H3/t6-/m1/s1. The van der Waals surface area contributed by atoms with Crippen LogP contribution in [0.25, 0.3) is 0 Å². The normalized spacial score (nSPS) is 14.1. The Morgan fingerprint density at radius 1 is 1.50 bits per heavy atom. The van der Waals surface area contributed by atoms with Crippen molar-refractivity contribution in [3.8, 4) is 0 Å². The number of rotatable bonds is 2. The van der Waals surface area contributed by atoms with Crippen LogP contribution in [0.5, 0.6) is 0 Å². The van der Waals surface area contributed by atoms with E-state index in [1.165, 1.54) is 0 Å². The minimum absolute atomic E-state index is 0.0440. The van der Waals surface area contributed by atoms with Crippen LogP contribution in [0.3, 0.4) is 0 Å². The quantitative estimate of drug-likeness (QED) is 0.592. The first-order chi connectivity index (χ1) is 3.55. The Bertz CT molecular complexity index is 88.5. The zero-order valence-electron chi connectivity index (χ0n) is 5.44. The number of carbonyl (C=O) groups is 1. The Balaban J connectivity index is 3.64. The average Bonchev–Trinajstić information content (AvgIpc) is 1.64. The third-order valence-electron chi connectivity index (χ3n) is 0.974. The second-order valence-electron chi connectivity index (χ2n) is 2.26. The van der Waals surface area contributed by atoms with Gasteiger partial charge >= 0.3 is 0 Å². The van der Waals surface area contributed by atoms with Gasteiger partial charge in [0.05, 0.1) is 4.83 Å². The summed E-state index contributed by atoms with van der Waals surface area (Å²) in [6.07, 6.45) is 0. The topological polar surface area (TPSA) is 17.1 Å². The average molecular weight is 179 g/mol. The van der Waals surface area contributed by atoms with Crippen LogP contribution in [0.15, 0.2) is 0 Å². The lowest BCUT2D eigenvalue weighted by atomic mass is 10.1. The highest BCUT2D eigenvalue weighted by Gasteiger charge is 2.12. The number of ketones is 1. The van der Waals surface area contributed by atoms with Crippen LogP contribution in [0, 0.1) is 5.92 Å². The molecular formula is C6H11BrO. The molecule has 0 aromatic carbocycles. The molecule has 0 aromatic heterocycles. The molecule has 0 spiro atoms. The fraction of sp³-hybridized carbons (Fsp3) is 0.833. The first-order valence-corrected chi connectivity index (χ1v) is 3.61. The Morgan fingerprint density at radius 2 is 1.88 bits per heavy atom. The van der Waals surface area contributed by atoms with Crippen LogP contribution in [-0.2, 0) is 4.79 Å². The molecule has 0 N–H and O–H groups in total. The molecule has 1 atom stereocenters. The second kappa shape index (κ2) is 3.23. The van der Waals surface area contributed by atoms with Crippen molar-refractivity contribution < 1.29 is 4.79 Å². The molecule has 0 unspecified atom stereocenters. The van der Waals surface area contributed by atoms with Gasteiger partial charge in [-0.1, -0.05) is 29.8 Å². The molecule has 0 aliphatic heterocycles. The Kier molecular flexibility index (Phi) is 3.29. The highest BCUT2D eigenvalue weighted by atomic mass is 79.9. The van der Waals surface area contributed by atoms with Crippen molar-refractivity contribution in [1.82, 2.24) is 0 Å². The summed E-state index contributed by atoms with van der Waals surface area (Å²) in [4.78, 5) is 10.6. The Hall–Kier alpha value is 0.150. The molecule has 0 aliphatic carbocycles.